The van der Waals surface area contributed by atoms with E-state index in [4.69, 9.17) is 23.2 Å². The summed E-state index contributed by atoms with van der Waals surface area (Å²) in [4.78, 5) is 17.4. The second kappa shape index (κ2) is 6.54. The Bertz CT molecular complexity index is 779. The maximum absolute atomic E-state index is 13.1. The van der Waals surface area contributed by atoms with Crippen molar-refractivity contribution in [1.29, 1.82) is 0 Å². The van der Waals surface area contributed by atoms with E-state index in [-0.39, 0.29) is 11.3 Å². The summed E-state index contributed by atoms with van der Waals surface area (Å²) in [5.74, 6) is 0.264. The first-order valence-electron chi connectivity index (χ1n) is 8.64. The average molecular weight is 375 g/mol. The maximum atomic E-state index is 13.1. The molecule has 1 heterocycles. The van der Waals surface area contributed by atoms with Crippen LogP contribution in [0.3, 0.4) is 0 Å². The fourth-order valence-corrected chi connectivity index (χ4v) is 3.97. The number of halogens is 2. The van der Waals surface area contributed by atoms with E-state index in [2.05, 4.69) is 11.0 Å². The molecule has 2 fully saturated rings. The van der Waals surface area contributed by atoms with E-state index < -0.39 is 0 Å². The normalized spacial score (nSPS) is 19.0. The lowest BCUT2D eigenvalue weighted by molar-refractivity contribution is -0.134. The van der Waals surface area contributed by atoms with Gasteiger partial charge >= 0.3 is 0 Å². The zero-order valence-electron chi connectivity index (χ0n) is 13.9. The monoisotopic (exact) mass is 374 g/mol. The highest BCUT2D eigenvalue weighted by Crippen LogP contribution is 2.49. The van der Waals surface area contributed by atoms with Gasteiger partial charge in [-0.1, -0.05) is 41.4 Å². The molecular formula is C20H20Cl2N2O. The summed E-state index contributed by atoms with van der Waals surface area (Å²) >= 11 is 12.1. The second-order valence-corrected chi connectivity index (χ2v) is 7.72. The van der Waals surface area contributed by atoms with Crippen molar-refractivity contribution in [3.63, 3.8) is 0 Å². The van der Waals surface area contributed by atoms with Crippen LogP contribution in [0.4, 0.5) is 5.69 Å². The molecule has 2 aromatic rings. The first-order valence-corrected chi connectivity index (χ1v) is 9.40. The van der Waals surface area contributed by atoms with Crippen LogP contribution in [0.15, 0.2) is 48.5 Å². The van der Waals surface area contributed by atoms with E-state index in [1.165, 1.54) is 0 Å². The molecule has 25 heavy (non-hydrogen) atoms. The van der Waals surface area contributed by atoms with Crippen molar-refractivity contribution in [2.45, 2.75) is 18.3 Å². The van der Waals surface area contributed by atoms with Gasteiger partial charge in [0.1, 0.15) is 0 Å². The van der Waals surface area contributed by atoms with Gasteiger partial charge in [0.05, 0.1) is 5.41 Å². The molecule has 0 atom stereocenters. The molecule has 1 saturated carbocycles. The van der Waals surface area contributed by atoms with E-state index in [0.717, 1.165) is 55.3 Å². The molecule has 3 nitrogen and oxygen atoms in total. The van der Waals surface area contributed by atoms with Gasteiger partial charge in [0.15, 0.2) is 0 Å². The van der Waals surface area contributed by atoms with Crippen molar-refractivity contribution in [3.05, 3.63) is 64.1 Å². The van der Waals surface area contributed by atoms with Gasteiger partial charge in [-0.15, -0.1) is 0 Å². The first kappa shape index (κ1) is 16.7. The van der Waals surface area contributed by atoms with Crippen molar-refractivity contribution in [2.24, 2.45) is 0 Å². The van der Waals surface area contributed by atoms with Gasteiger partial charge in [-0.3, -0.25) is 4.79 Å². The Morgan fingerprint density at radius 1 is 0.880 bits per heavy atom. The van der Waals surface area contributed by atoms with E-state index in [1.54, 1.807) is 0 Å². The standard InChI is InChI=1S/C20H20Cl2N2O/c21-16-6-4-15(5-7-16)20(8-9-20)19(25)24-12-10-23(11-13-24)18-3-1-2-17(22)14-18/h1-7,14H,8-13H2. The van der Waals surface area contributed by atoms with Crippen LogP contribution in [0, 0.1) is 0 Å². The molecule has 0 N–H and O–H groups in total. The highest BCUT2D eigenvalue weighted by molar-refractivity contribution is 6.31. The fraction of sp³-hybridized carbons (Fsp3) is 0.350. The summed E-state index contributed by atoms with van der Waals surface area (Å²) in [5, 5.41) is 1.46. The van der Waals surface area contributed by atoms with Crippen LogP contribution < -0.4 is 4.90 Å². The summed E-state index contributed by atoms with van der Waals surface area (Å²) in [5.41, 5.74) is 1.90. The zero-order chi connectivity index (χ0) is 17.4. The van der Waals surface area contributed by atoms with E-state index in [0.29, 0.717) is 5.02 Å². The number of carbonyl (C=O) groups is 1. The zero-order valence-corrected chi connectivity index (χ0v) is 15.4. The smallest absolute Gasteiger partial charge is 0.233 e. The van der Waals surface area contributed by atoms with Gasteiger partial charge in [0.25, 0.3) is 0 Å². The molecule has 0 spiro atoms. The number of anilines is 1. The number of nitrogens with zero attached hydrogens (tertiary/aromatic N) is 2. The van der Waals surface area contributed by atoms with Crippen LogP contribution in [0.5, 0.6) is 0 Å². The van der Waals surface area contributed by atoms with Crippen LogP contribution >= 0.6 is 23.2 Å². The van der Waals surface area contributed by atoms with Gasteiger partial charge in [-0.05, 0) is 48.7 Å². The summed E-state index contributed by atoms with van der Waals surface area (Å²) in [6, 6.07) is 15.6. The number of hydrogen-bond acceptors (Lipinski definition) is 2. The number of carbonyl (C=O) groups excluding carboxylic acids is 1. The number of benzene rings is 2. The highest BCUT2D eigenvalue weighted by atomic mass is 35.5. The van der Waals surface area contributed by atoms with E-state index in [1.807, 2.05) is 47.4 Å². The second-order valence-electron chi connectivity index (χ2n) is 6.85. The first-order chi connectivity index (χ1) is 12.1. The molecule has 1 amide bonds. The van der Waals surface area contributed by atoms with Crippen LogP contribution in [0.1, 0.15) is 18.4 Å². The Hall–Kier alpha value is -1.71. The molecule has 5 heteroatoms. The third kappa shape index (κ3) is 3.23. The molecule has 0 bridgehead atoms. The predicted molar refractivity (Wildman–Crippen MR) is 103 cm³/mol. The Morgan fingerprint density at radius 3 is 2.16 bits per heavy atom. The molecule has 0 radical (unpaired) electrons. The summed E-state index contributed by atoms with van der Waals surface area (Å²) in [6.45, 7) is 3.17. The number of rotatable bonds is 3. The van der Waals surface area contributed by atoms with Crippen molar-refractivity contribution in [2.75, 3.05) is 31.1 Å². The average Bonchev–Trinajstić information content (AvgIpc) is 3.44. The van der Waals surface area contributed by atoms with Gasteiger partial charge in [-0.2, -0.15) is 0 Å². The van der Waals surface area contributed by atoms with Crippen molar-refractivity contribution >= 4 is 34.8 Å². The molecule has 1 aliphatic heterocycles. The third-order valence-corrected chi connectivity index (χ3v) is 5.78. The van der Waals surface area contributed by atoms with Gasteiger partial charge in [0.2, 0.25) is 5.91 Å². The van der Waals surface area contributed by atoms with Crippen LogP contribution in [-0.4, -0.2) is 37.0 Å². The van der Waals surface area contributed by atoms with Crippen molar-refractivity contribution < 1.29 is 4.79 Å². The lowest BCUT2D eigenvalue weighted by Gasteiger charge is -2.38. The molecule has 2 aromatic carbocycles. The lowest BCUT2D eigenvalue weighted by Crippen LogP contribution is -2.51. The van der Waals surface area contributed by atoms with Crippen LogP contribution in [-0.2, 0) is 10.2 Å². The highest BCUT2D eigenvalue weighted by Gasteiger charge is 2.53. The van der Waals surface area contributed by atoms with Gasteiger partial charge in [-0.25, -0.2) is 0 Å². The van der Waals surface area contributed by atoms with E-state index in [9.17, 15) is 4.79 Å². The number of amides is 1. The molecule has 0 aromatic heterocycles. The van der Waals surface area contributed by atoms with Crippen molar-refractivity contribution in [1.82, 2.24) is 4.90 Å². The minimum absolute atomic E-state index is 0.264. The third-order valence-electron chi connectivity index (χ3n) is 5.30. The summed E-state index contributed by atoms with van der Waals surface area (Å²) in [7, 11) is 0. The predicted octanol–water partition coefficient (Wildman–Crippen LogP) is 4.37. The Labute approximate surface area is 158 Å². The molecule has 4 rings (SSSR count). The largest absolute Gasteiger partial charge is 0.368 e. The SMILES string of the molecule is O=C(N1CCN(c2cccc(Cl)c2)CC1)C1(c2ccc(Cl)cc2)CC1. The summed E-state index contributed by atoms with van der Waals surface area (Å²) in [6.07, 6.45) is 1.87. The Balaban J connectivity index is 1.44. The summed E-state index contributed by atoms with van der Waals surface area (Å²) < 4.78 is 0. The van der Waals surface area contributed by atoms with Gasteiger partial charge < -0.3 is 9.80 Å². The van der Waals surface area contributed by atoms with Crippen LogP contribution in [0.2, 0.25) is 10.0 Å². The lowest BCUT2D eigenvalue weighted by atomic mass is 9.94. The van der Waals surface area contributed by atoms with Crippen molar-refractivity contribution in [3.8, 4) is 0 Å². The maximum Gasteiger partial charge on any atom is 0.233 e. The molecule has 2 aliphatic rings. The topological polar surface area (TPSA) is 23.6 Å². The van der Waals surface area contributed by atoms with Gasteiger partial charge in [0, 0.05) is 41.9 Å². The molecular weight excluding hydrogens is 355 g/mol. The molecule has 1 aliphatic carbocycles. The number of piperazine rings is 1. The quantitative estimate of drug-likeness (QED) is 0.795. The minimum Gasteiger partial charge on any atom is -0.368 e. The van der Waals surface area contributed by atoms with E-state index >= 15 is 0 Å². The van der Waals surface area contributed by atoms with Crippen LogP contribution in [0.25, 0.3) is 0 Å². The Morgan fingerprint density at radius 2 is 1.56 bits per heavy atom. The number of hydrogen-bond donors (Lipinski definition) is 0. The molecule has 1 saturated heterocycles. The molecule has 0 unspecified atom stereocenters. The molecule has 130 valence electrons. The fourth-order valence-electron chi connectivity index (χ4n) is 3.66. The minimum atomic E-state index is -0.317. The Kier molecular flexibility index (Phi) is 4.38.